The molecule has 2 rings (SSSR count). The highest BCUT2D eigenvalue weighted by atomic mass is 16.6. The molecule has 1 aromatic carbocycles. The van der Waals surface area contributed by atoms with Crippen LogP contribution in [-0.4, -0.2) is 25.0 Å². The van der Waals surface area contributed by atoms with Gasteiger partial charge >= 0.3 is 5.97 Å². The highest BCUT2D eigenvalue weighted by Gasteiger charge is 2.21. The molecule has 26 heavy (non-hydrogen) atoms. The molecule has 0 saturated heterocycles. The largest absolute Gasteiger partial charge is 0.493 e. The minimum Gasteiger partial charge on any atom is -0.493 e. The van der Waals surface area contributed by atoms with E-state index in [1.807, 2.05) is 0 Å². The number of allylic oxidation sites excluding steroid dienone is 2. The van der Waals surface area contributed by atoms with Crippen LogP contribution in [0.4, 0.5) is 0 Å². The maximum Gasteiger partial charge on any atom is 0.308 e. The third kappa shape index (κ3) is 6.21. The van der Waals surface area contributed by atoms with Crippen molar-refractivity contribution in [2.45, 2.75) is 58.4 Å². The van der Waals surface area contributed by atoms with Crippen LogP contribution in [0.25, 0.3) is 0 Å². The van der Waals surface area contributed by atoms with Crippen molar-refractivity contribution in [3.05, 3.63) is 35.9 Å². The fourth-order valence-electron chi connectivity index (χ4n) is 3.40. The van der Waals surface area contributed by atoms with Crippen LogP contribution in [-0.2, 0) is 16.0 Å². The molecule has 0 heterocycles. The molecule has 142 valence electrons. The second-order valence-electron chi connectivity index (χ2n) is 6.85. The van der Waals surface area contributed by atoms with Crippen molar-refractivity contribution in [3.8, 4) is 11.5 Å². The Morgan fingerprint density at radius 3 is 2.54 bits per heavy atom. The van der Waals surface area contributed by atoms with Gasteiger partial charge in [0.15, 0.2) is 11.5 Å². The number of carbonyl (C=O) groups excluding carboxylic acids is 2. The zero-order valence-corrected chi connectivity index (χ0v) is 15.9. The topological polar surface area (TPSA) is 64.6 Å². The number of esters is 1. The van der Waals surface area contributed by atoms with Gasteiger partial charge in [0.1, 0.15) is 0 Å². The van der Waals surface area contributed by atoms with E-state index in [4.69, 9.17) is 9.47 Å². The first-order valence-corrected chi connectivity index (χ1v) is 9.27. The molecule has 5 heteroatoms. The summed E-state index contributed by atoms with van der Waals surface area (Å²) in [4.78, 5) is 23.4. The van der Waals surface area contributed by atoms with Crippen molar-refractivity contribution in [2.24, 2.45) is 5.92 Å². The molecule has 0 aromatic heterocycles. The van der Waals surface area contributed by atoms with Gasteiger partial charge in [-0.25, -0.2) is 0 Å². The number of hydrogen-bond donors (Lipinski definition) is 1. The van der Waals surface area contributed by atoms with Gasteiger partial charge in [0, 0.05) is 13.0 Å². The Bertz CT molecular complexity index is 645. The Morgan fingerprint density at radius 1 is 1.19 bits per heavy atom. The lowest BCUT2D eigenvalue weighted by Gasteiger charge is -2.28. The lowest BCUT2D eigenvalue weighted by molar-refractivity contribution is -0.132. The molecule has 0 bridgehead atoms. The zero-order chi connectivity index (χ0) is 18.9. The number of methoxy groups -OCH3 is 1. The van der Waals surface area contributed by atoms with Gasteiger partial charge in [-0.3, -0.25) is 9.59 Å². The molecule has 0 radical (unpaired) electrons. The number of ether oxygens (including phenoxy) is 2. The van der Waals surface area contributed by atoms with E-state index in [0.29, 0.717) is 11.5 Å². The van der Waals surface area contributed by atoms with Gasteiger partial charge in [-0.15, -0.1) is 0 Å². The number of benzene rings is 1. The Labute approximate surface area is 155 Å². The quantitative estimate of drug-likeness (QED) is 0.457. The monoisotopic (exact) mass is 359 g/mol. The maximum atomic E-state index is 12.3. The summed E-state index contributed by atoms with van der Waals surface area (Å²) < 4.78 is 10.3. The van der Waals surface area contributed by atoms with E-state index < -0.39 is 5.97 Å². The van der Waals surface area contributed by atoms with E-state index in [2.05, 4.69) is 24.4 Å². The van der Waals surface area contributed by atoms with E-state index in [1.54, 1.807) is 18.2 Å². The molecule has 1 aromatic rings. The first-order valence-electron chi connectivity index (χ1n) is 9.27. The third-order valence-corrected chi connectivity index (χ3v) is 4.76. The summed E-state index contributed by atoms with van der Waals surface area (Å²) in [5.74, 6) is 1.18. The van der Waals surface area contributed by atoms with Gasteiger partial charge < -0.3 is 14.8 Å². The van der Waals surface area contributed by atoms with E-state index >= 15 is 0 Å². The molecule has 0 atom stereocenters. The second kappa shape index (κ2) is 10.00. The lowest BCUT2D eigenvalue weighted by Crippen LogP contribution is -2.38. The van der Waals surface area contributed by atoms with Crippen LogP contribution in [0.2, 0.25) is 0 Å². The minimum atomic E-state index is -0.404. The number of amides is 1. The van der Waals surface area contributed by atoms with Gasteiger partial charge in [-0.1, -0.05) is 18.2 Å². The van der Waals surface area contributed by atoms with E-state index in [0.717, 1.165) is 30.7 Å². The summed E-state index contributed by atoms with van der Waals surface area (Å²) in [7, 11) is 1.51. The van der Waals surface area contributed by atoms with Crippen molar-refractivity contribution in [1.82, 2.24) is 5.32 Å². The van der Waals surface area contributed by atoms with Crippen molar-refractivity contribution in [1.29, 1.82) is 0 Å². The molecule has 5 nitrogen and oxygen atoms in total. The van der Waals surface area contributed by atoms with E-state index in [9.17, 15) is 9.59 Å². The Morgan fingerprint density at radius 2 is 1.92 bits per heavy atom. The highest BCUT2D eigenvalue weighted by molar-refractivity contribution is 5.79. The summed E-state index contributed by atoms with van der Waals surface area (Å²) in [5, 5.41) is 3.15. The average molecular weight is 359 g/mol. The van der Waals surface area contributed by atoms with Gasteiger partial charge in [-0.05, 0) is 62.6 Å². The fourth-order valence-corrected chi connectivity index (χ4v) is 3.40. The Balaban J connectivity index is 1.85. The molecule has 1 amide bonds. The van der Waals surface area contributed by atoms with Crippen LogP contribution in [0.5, 0.6) is 11.5 Å². The standard InChI is InChI=1S/C21H29NO4/c1-4-5-6-16-7-10-18(11-8-16)22-21(24)14-17-9-12-19(26-15(2)23)20(13-17)25-3/h4-5,9,12-13,16,18H,6-8,10-11,14H2,1-3H3,(H,22,24)/b5-4-/t16-,18-. The maximum absolute atomic E-state index is 12.3. The highest BCUT2D eigenvalue weighted by Crippen LogP contribution is 2.29. The molecule has 1 aliphatic carbocycles. The van der Waals surface area contributed by atoms with Crippen LogP contribution in [0.15, 0.2) is 30.4 Å². The molecular weight excluding hydrogens is 330 g/mol. The van der Waals surface area contributed by atoms with Crippen LogP contribution in [0.1, 0.15) is 51.5 Å². The molecule has 0 spiro atoms. The molecule has 1 aliphatic rings. The zero-order valence-electron chi connectivity index (χ0n) is 15.9. The van der Waals surface area contributed by atoms with Crippen LogP contribution in [0.3, 0.4) is 0 Å². The summed E-state index contributed by atoms with van der Waals surface area (Å²) in [6.45, 7) is 3.40. The van der Waals surface area contributed by atoms with Crippen molar-refractivity contribution in [3.63, 3.8) is 0 Å². The molecule has 0 aliphatic heterocycles. The summed E-state index contributed by atoms with van der Waals surface area (Å²) in [6, 6.07) is 5.46. The molecule has 0 unspecified atom stereocenters. The number of rotatable bonds is 7. The molecular formula is C21H29NO4. The molecule has 1 N–H and O–H groups in total. The summed E-state index contributed by atoms with van der Waals surface area (Å²) >= 11 is 0. The van der Waals surface area contributed by atoms with Crippen molar-refractivity contribution in [2.75, 3.05) is 7.11 Å². The first-order chi connectivity index (χ1) is 12.5. The van der Waals surface area contributed by atoms with Gasteiger partial charge in [0.25, 0.3) is 0 Å². The second-order valence-corrected chi connectivity index (χ2v) is 6.85. The molecule has 1 fully saturated rings. The van der Waals surface area contributed by atoms with E-state index in [-0.39, 0.29) is 18.4 Å². The lowest BCUT2D eigenvalue weighted by atomic mass is 9.84. The third-order valence-electron chi connectivity index (χ3n) is 4.76. The Hall–Kier alpha value is -2.30. The van der Waals surface area contributed by atoms with Crippen LogP contribution in [0, 0.1) is 5.92 Å². The van der Waals surface area contributed by atoms with Gasteiger partial charge in [-0.2, -0.15) is 0 Å². The molecule has 1 saturated carbocycles. The smallest absolute Gasteiger partial charge is 0.308 e. The predicted molar refractivity (Wildman–Crippen MR) is 101 cm³/mol. The predicted octanol–water partition coefficient (Wildman–Crippen LogP) is 3.80. The number of hydrogen-bond acceptors (Lipinski definition) is 4. The van der Waals surface area contributed by atoms with Gasteiger partial charge in [0.05, 0.1) is 13.5 Å². The van der Waals surface area contributed by atoms with Gasteiger partial charge in [0.2, 0.25) is 5.91 Å². The van der Waals surface area contributed by atoms with Crippen LogP contribution >= 0.6 is 0 Å². The van der Waals surface area contributed by atoms with Crippen molar-refractivity contribution < 1.29 is 19.1 Å². The first kappa shape index (κ1) is 20.0. The van der Waals surface area contributed by atoms with E-state index in [1.165, 1.54) is 26.9 Å². The Kier molecular flexibility index (Phi) is 7.70. The SMILES string of the molecule is C/C=C\C[C@H]1CC[C@H](NC(=O)Cc2ccc(OC(C)=O)c(OC)c2)CC1. The van der Waals surface area contributed by atoms with Crippen LogP contribution < -0.4 is 14.8 Å². The normalized spacial score (nSPS) is 20.0. The number of nitrogens with one attached hydrogen (secondary N) is 1. The summed E-state index contributed by atoms with van der Waals surface area (Å²) in [5.41, 5.74) is 0.831. The summed E-state index contributed by atoms with van der Waals surface area (Å²) in [6.07, 6.45) is 10.2. The fraction of sp³-hybridized carbons (Fsp3) is 0.524. The average Bonchev–Trinajstić information content (AvgIpc) is 2.62. The number of carbonyl (C=O) groups is 2. The van der Waals surface area contributed by atoms with Crippen molar-refractivity contribution >= 4 is 11.9 Å². The minimum absolute atomic E-state index is 0.0178.